The van der Waals surface area contributed by atoms with Crippen LogP contribution in [0.5, 0.6) is 0 Å². The van der Waals surface area contributed by atoms with E-state index in [9.17, 15) is 9.59 Å². The number of carbonyl (C=O) groups is 2. The van der Waals surface area contributed by atoms with E-state index in [4.69, 9.17) is 4.42 Å². The summed E-state index contributed by atoms with van der Waals surface area (Å²) in [7, 11) is 1.73. The average molecular weight is 373 g/mol. The molecule has 1 aliphatic carbocycles. The first-order chi connectivity index (χ1) is 13.5. The van der Waals surface area contributed by atoms with E-state index in [1.165, 1.54) is 0 Å². The lowest BCUT2D eigenvalue weighted by Crippen LogP contribution is -2.27. The van der Waals surface area contributed by atoms with Crippen molar-refractivity contribution >= 4 is 11.7 Å². The van der Waals surface area contributed by atoms with E-state index < -0.39 is 0 Å². The highest BCUT2D eigenvalue weighted by Crippen LogP contribution is 2.47. The van der Waals surface area contributed by atoms with Crippen molar-refractivity contribution in [1.82, 2.24) is 4.90 Å². The number of furan rings is 1. The summed E-state index contributed by atoms with van der Waals surface area (Å²) in [6, 6.07) is 19.9. The maximum atomic E-state index is 13.0. The Balaban J connectivity index is 1.53. The zero-order chi connectivity index (χ0) is 19.7. The van der Waals surface area contributed by atoms with Crippen molar-refractivity contribution in [2.45, 2.75) is 25.8 Å². The Morgan fingerprint density at radius 1 is 0.964 bits per heavy atom. The van der Waals surface area contributed by atoms with Gasteiger partial charge in [0.2, 0.25) is 0 Å². The number of rotatable bonds is 6. The minimum absolute atomic E-state index is 0.152. The third-order valence-corrected chi connectivity index (χ3v) is 5.34. The van der Waals surface area contributed by atoms with Gasteiger partial charge in [0.25, 0.3) is 5.91 Å². The van der Waals surface area contributed by atoms with E-state index in [0.29, 0.717) is 35.1 Å². The van der Waals surface area contributed by atoms with Crippen LogP contribution in [0.2, 0.25) is 0 Å². The van der Waals surface area contributed by atoms with Gasteiger partial charge >= 0.3 is 0 Å². The van der Waals surface area contributed by atoms with Gasteiger partial charge in [0, 0.05) is 24.1 Å². The van der Waals surface area contributed by atoms with Gasteiger partial charge in [-0.2, -0.15) is 0 Å². The van der Waals surface area contributed by atoms with E-state index in [0.717, 1.165) is 17.9 Å². The Labute approximate surface area is 164 Å². The molecule has 1 aromatic heterocycles. The molecule has 0 bridgehead atoms. The molecule has 0 aliphatic heterocycles. The van der Waals surface area contributed by atoms with Crippen LogP contribution in [0.15, 0.2) is 71.1 Å². The summed E-state index contributed by atoms with van der Waals surface area (Å²) in [5, 5.41) is 0. The second-order valence-corrected chi connectivity index (χ2v) is 7.53. The number of benzene rings is 2. The first-order valence-corrected chi connectivity index (χ1v) is 9.57. The Bertz CT molecular complexity index is 1010. The molecular formula is C24H23NO3. The SMILES string of the molecule is C[C@@H]1C[C@@H]1c1ccc(CN(C)C(=O)c2ccccc2C(=O)c2ccccc2)o1. The van der Waals surface area contributed by atoms with Crippen LogP contribution in [0, 0.1) is 5.92 Å². The lowest BCUT2D eigenvalue weighted by molar-refractivity contribution is 0.0770. The van der Waals surface area contributed by atoms with Crippen LogP contribution >= 0.6 is 0 Å². The van der Waals surface area contributed by atoms with Crippen molar-refractivity contribution in [3.63, 3.8) is 0 Å². The maximum Gasteiger partial charge on any atom is 0.254 e. The predicted molar refractivity (Wildman–Crippen MR) is 107 cm³/mol. The molecule has 1 amide bonds. The first kappa shape index (κ1) is 18.2. The van der Waals surface area contributed by atoms with Crippen LogP contribution in [0.4, 0.5) is 0 Å². The quantitative estimate of drug-likeness (QED) is 0.577. The van der Waals surface area contributed by atoms with E-state index >= 15 is 0 Å². The van der Waals surface area contributed by atoms with Gasteiger partial charge in [-0.05, 0) is 30.5 Å². The number of amides is 1. The van der Waals surface area contributed by atoms with Crippen LogP contribution in [0.1, 0.15) is 57.1 Å². The number of hydrogen-bond acceptors (Lipinski definition) is 3. The molecule has 0 spiro atoms. The molecular weight excluding hydrogens is 350 g/mol. The number of hydrogen-bond donors (Lipinski definition) is 0. The molecule has 28 heavy (non-hydrogen) atoms. The van der Waals surface area contributed by atoms with Crippen molar-refractivity contribution in [1.29, 1.82) is 0 Å². The second-order valence-electron chi connectivity index (χ2n) is 7.53. The molecule has 1 heterocycles. The summed E-state index contributed by atoms with van der Waals surface area (Å²) >= 11 is 0. The van der Waals surface area contributed by atoms with Crippen molar-refractivity contribution in [3.8, 4) is 0 Å². The number of carbonyl (C=O) groups excluding carboxylic acids is 2. The minimum atomic E-state index is -0.197. The van der Waals surface area contributed by atoms with Gasteiger partial charge < -0.3 is 9.32 Å². The van der Waals surface area contributed by atoms with Gasteiger partial charge in [0.1, 0.15) is 11.5 Å². The van der Waals surface area contributed by atoms with Crippen LogP contribution in [-0.2, 0) is 6.54 Å². The Kier molecular flexibility index (Phi) is 4.86. The van der Waals surface area contributed by atoms with Crippen molar-refractivity contribution in [3.05, 3.63) is 94.9 Å². The van der Waals surface area contributed by atoms with Gasteiger partial charge in [-0.15, -0.1) is 0 Å². The minimum Gasteiger partial charge on any atom is -0.464 e. The van der Waals surface area contributed by atoms with Crippen molar-refractivity contribution < 1.29 is 14.0 Å². The molecule has 4 rings (SSSR count). The summed E-state index contributed by atoms with van der Waals surface area (Å²) in [6.45, 7) is 2.58. The van der Waals surface area contributed by atoms with E-state index in [1.807, 2.05) is 30.3 Å². The molecule has 2 aromatic carbocycles. The molecule has 0 saturated heterocycles. The molecule has 3 aromatic rings. The molecule has 0 unspecified atom stereocenters. The monoisotopic (exact) mass is 373 g/mol. The molecule has 0 radical (unpaired) electrons. The third-order valence-electron chi connectivity index (χ3n) is 5.34. The zero-order valence-corrected chi connectivity index (χ0v) is 16.1. The normalized spacial score (nSPS) is 17.9. The third kappa shape index (κ3) is 3.63. The number of nitrogens with zero attached hydrogens (tertiary/aromatic N) is 1. The van der Waals surface area contributed by atoms with Gasteiger partial charge in [0.15, 0.2) is 5.78 Å². The Morgan fingerprint density at radius 3 is 2.29 bits per heavy atom. The largest absolute Gasteiger partial charge is 0.464 e. The zero-order valence-electron chi connectivity index (χ0n) is 16.1. The van der Waals surface area contributed by atoms with Gasteiger partial charge in [0.05, 0.1) is 12.1 Å². The average Bonchev–Trinajstić information content (AvgIpc) is 3.28. The van der Waals surface area contributed by atoms with Crippen LogP contribution in [0.25, 0.3) is 0 Å². The highest BCUT2D eigenvalue weighted by atomic mass is 16.3. The molecule has 1 saturated carbocycles. The number of ketones is 1. The standard InChI is InChI=1S/C24H23NO3/c1-16-14-21(16)22-13-12-18(28-22)15-25(2)24(27)20-11-7-6-10-19(20)23(26)17-8-4-3-5-9-17/h3-13,16,21H,14-15H2,1-2H3/t16-,21+/m1/s1. The molecule has 0 N–H and O–H groups in total. The lowest BCUT2D eigenvalue weighted by atomic mass is 9.97. The second kappa shape index (κ2) is 7.47. The van der Waals surface area contributed by atoms with Crippen molar-refractivity contribution in [2.75, 3.05) is 7.05 Å². The fourth-order valence-electron chi connectivity index (χ4n) is 3.52. The van der Waals surface area contributed by atoms with E-state index in [-0.39, 0.29) is 11.7 Å². The topological polar surface area (TPSA) is 50.5 Å². The summed E-state index contributed by atoms with van der Waals surface area (Å²) in [5.41, 5.74) is 1.39. The highest BCUT2D eigenvalue weighted by Gasteiger charge is 2.36. The van der Waals surface area contributed by atoms with E-state index in [1.54, 1.807) is 48.3 Å². The molecule has 1 fully saturated rings. The first-order valence-electron chi connectivity index (χ1n) is 9.57. The molecule has 1 aliphatic rings. The molecule has 4 heteroatoms. The highest BCUT2D eigenvalue weighted by molar-refractivity contribution is 6.15. The summed E-state index contributed by atoms with van der Waals surface area (Å²) in [6.07, 6.45) is 1.16. The van der Waals surface area contributed by atoms with Crippen LogP contribution < -0.4 is 0 Å². The summed E-state index contributed by atoms with van der Waals surface area (Å²) in [4.78, 5) is 27.5. The summed E-state index contributed by atoms with van der Waals surface area (Å²) in [5.74, 6) is 2.60. The van der Waals surface area contributed by atoms with Gasteiger partial charge in [-0.3, -0.25) is 9.59 Å². The smallest absolute Gasteiger partial charge is 0.254 e. The van der Waals surface area contributed by atoms with Crippen molar-refractivity contribution in [2.24, 2.45) is 5.92 Å². The van der Waals surface area contributed by atoms with Crippen LogP contribution in [0.3, 0.4) is 0 Å². The van der Waals surface area contributed by atoms with E-state index in [2.05, 4.69) is 6.92 Å². The van der Waals surface area contributed by atoms with Gasteiger partial charge in [-0.1, -0.05) is 55.5 Å². The molecule has 2 atom stereocenters. The Morgan fingerprint density at radius 2 is 1.61 bits per heavy atom. The maximum absolute atomic E-state index is 13.0. The molecule has 142 valence electrons. The fraction of sp³-hybridized carbons (Fsp3) is 0.250. The lowest BCUT2D eigenvalue weighted by Gasteiger charge is -2.17. The molecule has 4 nitrogen and oxygen atoms in total. The predicted octanol–water partition coefficient (Wildman–Crippen LogP) is 4.91. The Hall–Kier alpha value is -3.14. The van der Waals surface area contributed by atoms with Gasteiger partial charge in [-0.25, -0.2) is 0 Å². The van der Waals surface area contributed by atoms with Crippen LogP contribution in [-0.4, -0.2) is 23.6 Å². The summed E-state index contributed by atoms with van der Waals surface area (Å²) < 4.78 is 5.92. The fourth-order valence-corrected chi connectivity index (χ4v) is 3.52.